The van der Waals surface area contributed by atoms with Gasteiger partial charge in [-0.1, -0.05) is 284 Å². The molecule has 4 nitrogen and oxygen atoms in total. The highest BCUT2D eigenvalue weighted by Gasteiger charge is 2.53. The molecule has 466 valence electrons. The molecule has 0 unspecified atom stereocenters. The summed E-state index contributed by atoms with van der Waals surface area (Å²) in [7, 11) is -2.91. The molecule has 2 aromatic heterocycles. The molecule has 14 aromatic carbocycles. The zero-order valence-corrected chi connectivity index (χ0v) is 56.7. The van der Waals surface area contributed by atoms with Crippen LogP contribution in [0.2, 0.25) is 0 Å². The van der Waals surface area contributed by atoms with Crippen LogP contribution >= 0.6 is 0 Å². The van der Waals surface area contributed by atoms with Crippen molar-refractivity contribution in [3.63, 3.8) is 0 Å². The summed E-state index contributed by atoms with van der Waals surface area (Å²) in [4.78, 5) is 4.94. The highest BCUT2D eigenvalue weighted by molar-refractivity contribution is 7.20. The molecule has 0 aliphatic heterocycles. The van der Waals surface area contributed by atoms with Crippen molar-refractivity contribution in [1.82, 2.24) is 0 Å². The standard InChI is InChI=1S/C92H72N2O2Si/c1-59-41-53-85-76(55-59)73-35-23-39-82(88(73)95-85)93(62-46-42-60(43-47-62)90(2,3)4)64-50-52-75-80(56-64)92(78-37-21-19-31-69(78)70-32-20-22-38-79(70)92)81-58-84(71-33-17-18-34-72(71)87(75)81)94(63-48-44-61(45-49-63)91(5,6)7)83-40-24-36-74-77-57-68(51-54-86(77)96-89(74)83)97(65-25-11-8-12-26-65,66-27-13-9-14-28-66)67-29-15-10-16-30-67/h8-58H,1-7H3. The lowest BCUT2D eigenvalue weighted by atomic mass is 9.70. The molecule has 5 heteroatoms. The van der Waals surface area contributed by atoms with Gasteiger partial charge in [0.25, 0.3) is 0 Å². The van der Waals surface area contributed by atoms with Crippen LogP contribution in [0.5, 0.6) is 0 Å². The highest BCUT2D eigenvalue weighted by Crippen LogP contribution is 2.66. The summed E-state index contributed by atoms with van der Waals surface area (Å²) in [6.07, 6.45) is 0. The van der Waals surface area contributed by atoms with Crippen molar-refractivity contribution in [1.29, 1.82) is 0 Å². The Labute approximate surface area is 568 Å². The van der Waals surface area contributed by atoms with Crippen LogP contribution in [0.15, 0.2) is 318 Å². The fraction of sp³-hybridized carbons (Fsp3) is 0.109. The number of rotatable bonds is 10. The fourth-order valence-corrected chi connectivity index (χ4v) is 21.4. The first-order valence-corrected chi connectivity index (χ1v) is 36.0. The molecule has 0 N–H and O–H groups in total. The van der Waals surface area contributed by atoms with Crippen LogP contribution in [0.1, 0.15) is 80.5 Å². The van der Waals surface area contributed by atoms with Gasteiger partial charge in [0.1, 0.15) is 11.2 Å². The van der Waals surface area contributed by atoms with E-state index in [1.807, 2.05) is 0 Å². The van der Waals surface area contributed by atoms with Crippen molar-refractivity contribution in [3.05, 3.63) is 348 Å². The monoisotopic (exact) mass is 1260 g/mol. The lowest BCUT2D eigenvalue weighted by Gasteiger charge is -2.34. The molecule has 97 heavy (non-hydrogen) atoms. The van der Waals surface area contributed by atoms with E-state index in [-0.39, 0.29) is 10.8 Å². The largest absolute Gasteiger partial charge is 0.454 e. The van der Waals surface area contributed by atoms with E-state index in [4.69, 9.17) is 8.83 Å². The van der Waals surface area contributed by atoms with Crippen molar-refractivity contribution in [2.75, 3.05) is 9.80 Å². The number of hydrogen-bond acceptors (Lipinski definition) is 4. The molecular weight excluding hydrogens is 1190 g/mol. The average molecular weight is 1270 g/mol. The Morgan fingerprint density at radius 1 is 0.299 bits per heavy atom. The van der Waals surface area contributed by atoms with Gasteiger partial charge in [0, 0.05) is 44.0 Å². The molecule has 2 aliphatic rings. The number of para-hydroxylation sites is 2. The van der Waals surface area contributed by atoms with Gasteiger partial charge in [0.15, 0.2) is 19.2 Å². The predicted octanol–water partition coefficient (Wildman–Crippen LogP) is 22.2. The lowest BCUT2D eigenvalue weighted by molar-refractivity contribution is 0.590. The quantitative estimate of drug-likeness (QED) is 0.101. The Morgan fingerprint density at radius 2 is 0.753 bits per heavy atom. The lowest BCUT2D eigenvalue weighted by Crippen LogP contribution is -2.74. The number of benzene rings is 14. The molecule has 0 bridgehead atoms. The Bertz CT molecular complexity index is 5650. The summed E-state index contributed by atoms with van der Waals surface area (Å²) in [6, 6.07) is 116. The summed E-state index contributed by atoms with van der Waals surface area (Å²) in [5.74, 6) is 0. The molecule has 16 aromatic rings. The van der Waals surface area contributed by atoms with Crippen molar-refractivity contribution in [2.45, 2.75) is 64.7 Å². The minimum absolute atomic E-state index is 0.0337. The van der Waals surface area contributed by atoms with Gasteiger partial charge in [-0.15, -0.1) is 0 Å². The number of aryl methyl sites for hydroxylation is 1. The van der Waals surface area contributed by atoms with Crippen LogP contribution in [-0.2, 0) is 16.2 Å². The van der Waals surface area contributed by atoms with Crippen molar-refractivity contribution >= 4 is 118 Å². The van der Waals surface area contributed by atoms with Crippen molar-refractivity contribution in [2.24, 2.45) is 0 Å². The predicted molar refractivity (Wildman–Crippen MR) is 410 cm³/mol. The third-order valence-electron chi connectivity index (χ3n) is 21.2. The second-order valence-corrected chi connectivity index (χ2v) is 32.6. The third kappa shape index (κ3) is 8.81. The van der Waals surface area contributed by atoms with Gasteiger partial charge < -0.3 is 18.6 Å². The Kier molecular flexibility index (Phi) is 13.2. The van der Waals surface area contributed by atoms with Gasteiger partial charge in [0.05, 0.1) is 22.5 Å². The molecule has 0 saturated carbocycles. The van der Waals surface area contributed by atoms with Crippen LogP contribution in [0.3, 0.4) is 0 Å². The molecule has 1 spiro atoms. The average Bonchev–Trinajstić information content (AvgIpc) is 1.50. The van der Waals surface area contributed by atoms with Crippen molar-refractivity contribution < 1.29 is 8.83 Å². The summed E-state index contributed by atoms with van der Waals surface area (Å²) in [5.41, 5.74) is 22.4. The number of furan rings is 2. The SMILES string of the molecule is Cc1ccc2oc3c(N(c4ccc(C(C)(C)C)cc4)c4ccc5c(c4)C4(c6ccccc6-c6ccccc64)c4cc(N(c6ccc(C(C)(C)C)cc6)c6cccc7c6oc6ccc([Si](c8ccccc8)(c8ccccc8)c8ccccc8)cc67)c6ccccc6c4-5)cccc3c2c1. The van der Waals surface area contributed by atoms with Crippen LogP contribution in [0, 0.1) is 6.92 Å². The Morgan fingerprint density at radius 3 is 1.30 bits per heavy atom. The van der Waals surface area contributed by atoms with Gasteiger partial charge >= 0.3 is 0 Å². The highest BCUT2D eigenvalue weighted by atomic mass is 28.3. The molecule has 0 radical (unpaired) electrons. The number of nitrogens with zero attached hydrogens (tertiary/aromatic N) is 2. The van der Waals surface area contributed by atoms with E-state index in [1.165, 1.54) is 87.3 Å². The van der Waals surface area contributed by atoms with Gasteiger partial charge in [-0.05, 0) is 172 Å². The summed E-state index contributed by atoms with van der Waals surface area (Å²) >= 11 is 0. The number of anilines is 6. The zero-order valence-electron chi connectivity index (χ0n) is 55.7. The van der Waals surface area contributed by atoms with E-state index in [0.717, 1.165) is 83.4 Å². The van der Waals surface area contributed by atoms with E-state index in [0.29, 0.717) is 0 Å². The molecule has 18 rings (SSSR count). The molecule has 2 aliphatic carbocycles. The van der Waals surface area contributed by atoms with Crippen LogP contribution in [0.4, 0.5) is 34.1 Å². The van der Waals surface area contributed by atoms with E-state index in [1.54, 1.807) is 0 Å². The first-order valence-electron chi connectivity index (χ1n) is 34.0. The minimum Gasteiger partial charge on any atom is -0.454 e. The Balaban J connectivity index is 0.899. The molecule has 0 amide bonds. The summed E-state index contributed by atoms with van der Waals surface area (Å²) in [5, 5.41) is 12.0. The first kappa shape index (κ1) is 58.3. The van der Waals surface area contributed by atoms with Gasteiger partial charge in [-0.3, -0.25) is 0 Å². The van der Waals surface area contributed by atoms with Crippen LogP contribution in [-0.4, -0.2) is 8.07 Å². The van der Waals surface area contributed by atoms with Gasteiger partial charge in [-0.25, -0.2) is 0 Å². The minimum atomic E-state index is -2.91. The maximum absolute atomic E-state index is 7.45. The molecule has 2 heterocycles. The van der Waals surface area contributed by atoms with E-state index in [9.17, 15) is 0 Å². The molecule has 0 saturated heterocycles. The number of hydrogen-bond donors (Lipinski definition) is 0. The smallest absolute Gasteiger partial charge is 0.179 e. The van der Waals surface area contributed by atoms with Gasteiger partial charge in [0.2, 0.25) is 0 Å². The summed E-state index contributed by atoms with van der Waals surface area (Å²) in [6.45, 7) is 15.9. The molecular formula is C92H72N2O2Si. The van der Waals surface area contributed by atoms with Gasteiger partial charge in [-0.2, -0.15) is 0 Å². The Hall–Kier alpha value is -11.2. The topological polar surface area (TPSA) is 32.8 Å². The van der Waals surface area contributed by atoms with Crippen LogP contribution in [0.25, 0.3) is 76.9 Å². The second-order valence-electron chi connectivity index (χ2n) is 28.8. The van der Waals surface area contributed by atoms with Crippen molar-refractivity contribution in [3.8, 4) is 22.3 Å². The maximum Gasteiger partial charge on any atom is 0.179 e. The maximum atomic E-state index is 7.45. The number of fused-ring (bicyclic) bond motifs is 18. The van der Waals surface area contributed by atoms with Crippen LogP contribution < -0.4 is 30.5 Å². The van der Waals surface area contributed by atoms with E-state index < -0.39 is 13.5 Å². The van der Waals surface area contributed by atoms with E-state index in [2.05, 4.69) is 368 Å². The second kappa shape index (κ2) is 21.9. The normalized spacial score (nSPS) is 13.2. The molecule has 0 atom stereocenters. The molecule has 0 fully saturated rings. The fourth-order valence-electron chi connectivity index (χ4n) is 16.7. The van der Waals surface area contributed by atoms with E-state index >= 15 is 0 Å². The zero-order chi connectivity index (χ0) is 65.5. The summed E-state index contributed by atoms with van der Waals surface area (Å²) < 4.78 is 14.5. The third-order valence-corrected chi connectivity index (χ3v) is 26.0. The first-order chi connectivity index (χ1) is 47.3.